The number of nitrogens with two attached hydrogens (primary N) is 1. The van der Waals surface area contributed by atoms with Crippen LogP contribution in [0.5, 0.6) is 0 Å². The van der Waals surface area contributed by atoms with Gasteiger partial charge in [0, 0.05) is 17.6 Å². The molecule has 0 amide bonds. The molecule has 0 aliphatic heterocycles. The quantitative estimate of drug-likeness (QED) is 0.639. The van der Waals surface area contributed by atoms with Crippen molar-refractivity contribution in [1.82, 2.24) is 10.4 Å². The van der Waals surface area contributed by atoms with Crippen LogP contribution in [-0.2, 0) is 0 Å². The smallest absolute Gasteiger partial charge is 0.0705 e. The first-order valence-electron chi connectivity index (χ1n) is 7.70. The lowest BCUT2D eigenvalue weighted by Gasteiger charge is -2.27. The first-order valence-corrected chi connectivity index (χ1v) is 7.70. The highest BCUT2D eigenvalue weighted by atomic mass is 15.2. The maximum Gasteiger partial charge on any atom is 0.0705 e. The Balaban J connectivity index is 2.24. The molecule has 0 aliphatic rings. The van der Waals surface area contributed by atoms with E-state index in [2.05, 4.69) is 56.3 Å². The number of hydrazine groups is 1. The Morgan fingerprint density at radius 1 is 1.19 bits per heavy atom. The molecule has 1 aromatic heterocycles. The topological polar surface area (TPSA) is 50.9 Å². The van der Waals surface area contributed by atoms with Crippen LogP contribution in [0.15, 0.2) is 36.5 Å². The van der Waals surface area contributed by atoms with E-state index in [-0.39, 0.29) is 6.04 Å². The number of aromatic nitrogens is 1. The summed E-state index contributed by atoms with van der Waals surface area (Å²) in [6.45, 7) is 9.17. The Labute approximate surface area is 127 Å². The number of fused-ring (bicyclic) bond motifs is 1. The van der Waals surface area contributed by atoms with Crippen LogP contribution in [0.2, 0.25) is 0 Å². The summed E-state index contributed by atoms with van der Waals surface area (Å²) >= 11 is 0. The van der Waals surface area contributed by atoms with E-state index in [4.69, 9.17) is 5.84 Å². The second kappa shape index (κ2) is 6.54. The highest BCUT2D eigenvalue weighted by molar-refractivity contribution is 5.82. The first-order chi connectivity index (χ1) is 9.90. The number of hydrogen-bond acceptors (Lipinski definition) is 3. The number of nitrogens with zero attached hydrogens (tertiary/aromatic N) is 1. The maximum atomic E-state index is 5.84. The molecule has 0 radical (unpaired) electrons. The Hall–Kier alpha value is -1.45. The Morgan fingerprint density at radius 2 is 1.95 bits per heavy atom. The zero-order valence-corrected chi connectivity index (χ0v) is 13.6. The van der Waals surface area contributed by atoms with E-state index in [1.807, 2.05) is 18.3 Å². The molecule has 21 heavy (non-hydrogen) atoms. The Kier molecular flexibility index (Phi) is 4.96. The fourth-order valence-electron chi connectivity index (χ4n) is 3.25. The minimum Gasteiger partial charge on any atom is -0.271 e. The predicted molar refractivity (Wildman–Crippen MR) is 89.7 cm³/mol. The lowest BCUT2D eigenvalue weighted by Crippen LogP contribution is -2.30. The summed E-state index contributed by atoms with van der Waals surface area (Å²) in [5, 5.41) is 1.19. The average Bonchev–Trinajstić information content (AvgIpc) is 2.42. The zero-order valence-electron chi connectivity index (χ0n) is 13.6. The van der Waals surface area contributed by atoms with Crippen molar-refractivity contribution in [1.29, 1.82) is 0 Å². The maximum absolute atomic E-state index is 5.84. The van der Waals surface area contributed by atoms with Crippen LogP contribution in [0.1, 0.15) is 52.1 Å². The number of pyridine rings is 1. The minimum atomic E-state index is 0.162. The van der Waals surface area contributed by atoms with Crippen molar-refractivity contribution in [3.05, 3.63) is 42.1 Å². The van der Waals surface area contributed by atoms with E-state index in [1.54, 1.807) is 0 Å². The van der Waals surface area contributed by atoms with Crippen LogP contribution >= 0.6 is 0 Å². The van der Waals surface area contributed by atoms with E-state index < -0.39 is 0 Å². The highest BCUT2D eigenvalue weighted by Gasteiger charge is 2.20. The summed E-state index contributed by atoms with van der Waals surface area (Å²) in [6, 6.07) is 10.5. The fraction of sp³-hybridized carbons (Fsp3) is 0.500. The average molecular weight is 285 g/mol. The molecule has 1 heterocycles. The molecule has 0 aliphatic carbocycles. The molecular formula is C18H27N3. The van der Waals surface area contributed by atoms with Gasteiger partial charge >= 0.3 is 0 Å². The van der Waals surface area contributed by atoms with Crippen LogP contribution in [0.25, 0.3) is 10.9 Å². The molecule has 3 N–H and O–H groups in total. The van der Waals surface area contributed by atoms with E-state index in [0.717, 1.165) is 11.9 Å². The summed E-state index contributed by atoms with van der Waals surface area (Å²) in [6.07, 6.45) is 4.05. The van der Waals surface area contributed by atoms with Crippen molar-refractivity contribution in [2.75, 3.05) is 0 Å². The molecule has 0 fully saturated rings. The van der Waals surface area contributed by atoms with Gasteiger partial charge < -0.3 is 0 Å². The molecular weight excluding hydrogens is 258 g/mol. The van der Waals surface area contributed by atoms with Gasteiger partial charge in [0.2, 0.25) is 0 Å². The third-order valence-corrected chi connectivity index (χ3v) is 3.85. The first kappa shape index (κ1) is 15.9. The van der Waals surface area contributed by atoms with Crippen molar-refractivity contribution >= 4 is 10.9 Å². The van der Waals surface area contributed by atoms with E-state index in [0.29, 0.717) is 11.3 Å². The second-order valence-electron chi connectivity index (χ2n) is 7.24. The SMILES string of the molecule is CC(CC(NN)c1cccc2ncccc12)CC(C)(C)C. The highest BCUT2D eigenvalue weighted by Crippen LogP contribution is 2.32. The van der Waals surface area contributed by atoms with Crippen molar-refractivity contribution in [2.24, 2.45) is 17.2 Å². The van der Waals surface area contributed by atoms with E-state index in [9.17, 15) is 0 Å². The van der Waals surface area contributed by atoms with Crippen LogP contribution in [0.4, 0.5) is 0 Å². The number of benzene rings is 1. The molecule has 2 unspecified atom stereocenters. The molecule has 2 aromatic rings. The predicted octanol–water partition coefficient (Wildman–Crippen LogP) is 4.20. The van der Waals surface area contributed by atoms with Crippen LogP contribution in [-0.4, -0.2) is 4.98 Å². The molecule has 114 valence electrons. The van der Waals surface area contributed by atoms with Crippen molar-refractivity contribution in [2.45, 2.75) is 46.6 Å². The summed E-state index contributed by atoms with van der Waals surface area (Å²) in [5.41, 5.74) is 5.61. The lowest BCUT2D eigenvalue weighted by atomic mass is 9.82. The van der Waals surface area contributed by atoms with Gasteiger partial charge in [-0.25, -0.2) is 0 Å². The molecule has 0 spiro atoms. The number of rotatable bonds is 5. The van der Waals surface area contributed by atoms with Crippen LogP contribution in [0.3, 0.4) is 0 Å². The van der Waals surface area contributed by atoms with Gasteiger partial charge in [-0.3, -0.25) is 16.3 Å². The molecule has 0 saturated carbocycles. The van der Waals surface area contributed by atoms with Gasteiger partial charge in [-0.15, -0.1) is 0 Å². The van der Waals surface area contributed by atoms with Gasteiger partial charge in [-0.1, -0.05) is 45.9 Å². The third-order valence-electron chi connectivity index (χ3n) is 3.85. The third kappa shape index (κ3) is 4.26. The number of nitrogens with one attached hydrogen (secondary N) is 1. The van der Waals surface area contributed by atoms with Crippen molar-refractivity contribution < 1.29 is 0 Å². The van der Waals surface area contributed by atoms with Crippen molar-refractivity contribution in [3.63, 3.8) is 0 Å². The molecule has 1 aromatic carbocycles. The van der Waals surface area contributed by atoms with Crippen molar-refractivity contribution in [3.8, 4) is 0 Å². The second-order valence-corrected chi connectivity index (χ2v) is 7.24. The molecule has 0 saturated heterocycles. The zero-order chi connectivity index (χ0) is 15.5. The summed E-state index contributed by atoms with van der Waals surface area (Å²) in [5.74, 6) is 6.45. The van der Waals surface area contributed by atoms with Crippen LogP contribution < -0.4 is 11.3 Å². The van der Waals surface area contributed by atoms with Gasteiger partial charge in [0.25, 0.3) is 0 Å². The fourth-order valence-corrected chi connectivity index (χ4v) is 3.25. The Bertz CT molecular complexity index is 581. The van der Waals surface area contributed by atoms with Gasteiger partial charge in [0.1, 0.15) is 0 Å². The standard InChI is InChI=1S/C18H27N3/c1-13(12-18(2,3)4)11-17(21-19)15-7-5-9-16-14(15)8-6-10-20-16/h5-10,13,17,21H,11-12,19H2,1-4H3. The molecule has 2 rings (SSSR count). The molecule has 2 atom stereocenters. The summed E-state index contributed by atoms with van der Waals surface area (Å²) < 4.78 is 0. The summed E-state index contributed by atoms with van der Waals surface area (Å²) in [7, 11) is 0. The largest absolute Gasteiger partial charge is 0.271 e. The normalized spacial score (nSPS) is 15.1. The molecule has 3 nitrogen and oxygen atoms in total. The molecule has 3 heteroatoms. The van der Waals surface area contributed by atoms with Crippen LogP contribution in [0, 0.1) is 11.3 Å². The van der Waals surface area contributed by atoms with Gasteiger partial charge in [-0.05, 0) is 41.9 Å². The lowest BCUT2D eigenvalue weighted by molar-refractivity contribution is 0.276. The van der Waals surface area contributed by atoms with E-state index >= 15 is 0 Å². The minimum absolute atomic E-state index is 0.162. The van der Waals surface area contributed by atoms with Gasteiger partial charge in [-0.2, -0.15) is 0 Å². The molecule has 0 bridgehead atoms. The monoisotopic (exact) mass is 285 g/mol. The Morgan fingerprint density at radius 3 is 2.62 bits per heavy atom. The van der Waals surface area contributed by atoms with Gasteiger partial charge in [0.15, 0.2) is 0 Å². The number of hydrogen-bond donors (Lipinski definition) is 2. The van der Waals surface area contributed by atoms with E-state index in [1.165, 1.54) is 17.4 Å². The van der Waals surface area contributed by atoms with Gasteiger partial charge in [0.05, 0.1) is 5.52 Å². The summed E-state index contributed by atoms with van der Waals surface area (Å²) in [4.78, 5) is 4.43.